The fourth-order valence-corrected chi connectivity index (χ4v) is 14.1. The molecule has 388 valence electrons. The Bertz CT molecular complexity index is 2390. The van der Waals surface area contributed by atoms with Crippen LogP contribution in [0.25, 0.3) is 0 Å². The van der Waals surface area contributed by atoms with Crippen molar-refractivity contribution in [3.05, 3.63) is 169 Å². The summed E-state index contributed by atoms with van der Waals surface area (Å²) in [6.07, 6.45) is 28.7. The molecule has 0 aliphatic carbocycles. The Kier molecular flexibility index (Phi) is 15.8. The van der Waals surface area contributed by atoms with E-state index < -0.39 is 0 Å². The van der Waals surface area contributed by atoms with Crippen LogP contribution in [0, 0.1) is 0 Å². The number of fused-ring (bicyclic) bond motifs is 8. The van der Waals surface area contributed by atoms with E-state index in [-0.39, 0.29) is 0 Å². The zero-order valence-electron chi connectivity index (χ0n) is 43.6. The number of benzene rings is 2. The van der Waals surface area contributed by atoms with E-state index in [0.29, 0.717) is 22.2 Å². The van der Waals surface area contributed by atoms with Crippen molar-refractivity contribution in [2.45, 2.75) is 162 Å². The molecule has 6 N–H and O–H groups in total. The van der Waals surface area contributed by atoms with Crippen molar-refractivity contribution in [3.63, 3.8) is 0 Å². The Morgan fingerprint density at radius 3 is 0.959 bits per heavy atom. The largest absolute Gasteiger partial charge is 0.368 e. The van der Waals surface area contributed by atoms with Crippen LogP contribution < -0.4 is 31.9 Å². The van der Waals surface area contributed by atoms with Gasteiger partial charge in [0.1, 0.15) is 23.3 Å². The van der Waals surface area contributed by atoms with Gasteiger partial charge in [0.25, 0.3) is 0 Å². The number of aromatic nitrogens is 4. The molecule has 8 aliphatic rings. The minimum absolute atomic E-state index is 0.317. The van der Waals surface area contributed by atoms with Crippen molar-refractivity contribution in [3.8, 4) is 0 Å². The summed E-state index contributed by atoms with van der Waals surface area (Å²) in [6.45, 7) is 6.20. The first-order chi connectivity index (χ1) is 36.4. The van der Waals surface area contributed by atoms with Gasteiger partial charge in [0.05, 0.1) is 0 Å². The summed E-state index contributed by atoms with van der Waals surface area (Å²) in [4.78, 5) is 22.9. The zero-order chi connectivity index (χ0) is 49.9. The van der Waals surface area contributed by atoms with Crippen LogP contribution in [0.2, 0.25) is 0 Å². The SMILES string of the molecule is c1ccc(CN2C3CCC2(CNc2ccccn2)CC3)cc1.c1ccc(CN2C3CCC2(CNc2ccccn2)CC3)cc1.c1ccc(NCC23CCC(CC2)N3)nc1.c1ccc(NCC23CCC(CC2)N3)nc1. The van der Waals surface area contributed by atoms with Crippen molar-refractivity contribution in [2.24, 2.45) is 0 Å². The van der Waals surface area contributed by atoms with Gasteiger partial charge < -0.3 is 31.9 Å². The fourth-order valence-electron chi connectivity index (χ4n) is 14.1. The number of nitrogens with zero attached hydrogens (tertiary/aromatic N) is 6. The molecule has 0 spiro atoms. The lowest BCUT2D eigenvalue weighted by Crippen LogP contribution is -2.46. The molecule has 2 aromatic carbocycles. The van der Waals surface area contributed by atoms with Crippen LogP contribution >= 0.6 is 0 Å². The molecule has 0 amide bonds. The van der Waals surface area contributed by atoms with Crippen molar-refractivity contribution in [2.75, 3.05) is 47.4 Å². The van der Waals surface area contributed by atoms with E-state index in [1.807, 2.05) is 85.5 Å². The summed E-state index contributed by atoms with van der Waals surface area (Å²) in [5.41, 5.74) is 4.22. The normalized spacial score (nSPS) is 29.6. The first-order valence-corrected chi connectivity index (χ1v) is 28.2. The van der Waals surface area contributed by atoms with E-state index in [2.05, 4.69) is 134 Å². The van der Waals surface area contributed by atoms with Crippen LogP contribution in [0.5, 0.6) is 0 Å². The molecule has 0 unspecified atom stereocenters. The van der Waals surface area contributed by atoms with Gasteiger partial charge in [-0.15, -0.1) is 0 Å². The lowest BCUT2D eigenvalue weighted by Gasteiger charge is -2.35. The van der Waals surface area contributed by atoms with E-state index in [4.69, 9.17) is 0 Å². The van der Waals surface area contributed by atoms with E-state index in [1.165, 1.54) is 114 Å². The van der Waals surface area contributed by atoms with Crippen LogP contribution in [0.1, 0.15) is 114 Å². The molecule has 12 heterocycles. The van der Waals surface area contributed by atoms with Crippen molar-refractivity contribution < 1.29 is 0 Å². The Balaban J connectivity index is 0.000000108. The number of rotatable bonds is 16. The molecule has 0 radical (unpaired) electrons. The molecule has 74 heavy (non-hydrogen) atoms. The van der Waals surface area contributed by atoms with Crippen LogP contribution in [0.15, 0.2) is 158 Å². The summed E-state index contributed by atoms with van der Waals surface area (Å²) in [7, 11) is 0. The summed E-state index contributed by atoms with van der Waals surface area (Å²) < 4.78 is 0. The molecular weight excluding hydrogens is 913 g/mol. The first kappa shape index (κ1) is 50.2. The maximum atomic E-state index is 4.40. The van der Waals surface area contributed by atoms with Crippen LogP contribution in [0.3, 0.4) is 0 Å². The predicted molar refractivity (Wildman–Crippen MR) is 301 cm³/mol. The molecule has 8 saturated heterocycles. The number of anilines is 4. The third kappa shape index (κ3) is 12.1. The summed E-state index contributed by atoms with van der Waals surface area (Å²) in [5.74, 6) is 3.96. The second-order valence-corrected chi connectivity index (χ2v) is 22.8. The highest BCUT2D eigenvalue weighted by Crippen LogP contribution is 2.48. The van der Waals surface area contributed by atoms with Gasteiger partial charge in [0.2, 0.25) is 0 Å². The average Bonchev–Trinajstić information content (AvgIpc) is 4.39. The molecule has 0 saturated carbocycles. The number of nitrogens with one attached hydrogen (secondary N) is 6. The van der Waals surface area contributed by atoms with Gasteiger partial charge in [0, 0.05) is 110 Å². The molecule has 6 aromatic rings. The van der Waals surface area contributed by atoms with Gasteiger partial charge >= 0.3 is 0 Å². The third-order valence-electron chi connectivity index (χ3n) is 18.2. The molecule has 8 bridgehead atoms. The van der Waals surface area contributed by atoms with Crippen molar-refractivity contribution in [1.29, 1.82) is 0 Å². The summed E-state index contributed by atoms with van der Waals surface area (Å²) in [6, 6.07) is 49.0. The van der Waals surface area contributed by atoms with E-state index >= 15 is 0 Å². The van der Waals surface area contributed by atoms with Gasteiger partial charge in [-0.1, -0.05) is 84.9 Å². The molecule has 12 heteroatoms. The molecule has 8 aliphatic heterocycles. The van der Waals surface area contributed by atoms with Crippen LogP contribution in [0.4, 0.5) is 23.3 Å². The number of hydrogen-bond donors (Lipinski definition) is 6. The second-order valence-electron chi connectivity index (χ2n) is 22.8. The Morgan fingerprint density at radius 2 is 0.676 bits per heavy atom. The van der Waals surface area contributed by atoms with Gasteiger partial charge in [-0.2, -0.15) is 0 Å². The Labute approximate surface area is 440 Å². The first-order valence-electron chi connectivity index (χ1n) is 28.2. The average molecular weight is 993 g/mol. The van der Waals surface area contributed by atoms with Crippen molar-refractivity contribution >= 4 is 23.3 Å². The maximum Gasteiger partial charge on any atom is 0.125 e. The number of pyridine rings is 4. The minimum Gasteiger partial charge on any atom is -0.368 e. The minimum atomic E-state index is 0.317. The Morgan fingerprint density at radius 1 is 0.365 bits per heavy atom. The van der Waals surface area contributed by atoms with E-state index in [1.54, 1.807) is 0 Å². The van der Waals surface area contributed by atoms with Crippen LogP contribution in [-0.2, 0) is 13.1 Å². The molecular formula is C62H80N12. The summed E-state index contributed by atoms with van der Waals surface area (Å²) in [5, 5.41) is 21.4. The standard InChI is InChI=1S/2C19H23N3.2C12H17N3/c2*1-2-6-16(7-3-1)14-22-17-9-11-19(22,12-10-17)15-21-18-8-4-5-13-20-18;2*1-2-8-13-11(3-1)14-9-12-6-4-10(15-12)5-7-12/h2*1-8,13,17H,9-12,14-15H2,(H,20,21);2*1-3,8,10,15H,4-7,9H2,(H,13,14). The lowest BCUT2D eigenvalue weighted by molar-refractivity contribution is 0.156. The Hall–Kier alpha value is -5.92. The zero-order valence-corrected chi connectivity index (χ0v) is 43.6. The van der Waals surface area contributed by atoms with E-state index in [0.717, 1.165) is 86.7 Å². The second kappa shape index (κ2) is 23.3. The predicted octanol–water partition coefficient (Wildman–Crippen LogP) is 10.9. The maximum absolute atomic E-state index is 4.40. The summed E-state index contributed by atoms with van der Waals surface area (Å²) >= 11 is 0. The fraction of sp³-hybridized carbons (Fsp3) is 0.484. The van der Waals surface area contributed by atoms with Gasteiger partial charge in [0.15, 0.2) is 0 Å². The highest BCUT2D eigenvalue weighted by Gasteiger charge is 2.52. The lowest BCUT2D eigenvalue weighted by atomic mass is 9.87. The van der Waals surface area contributed by atoms with E-state index in [9.17, 15) is 0 Å². The van der Waals surface area contributed by atoms with Crippen LogP contribution in [-0.4, -0.2) is 102 Å². The third-order valence-corrected chi connectivity index (χ3v) is 18.2. The van der Waals surface area contributed by atoms with Gasteiger partial charge in [-0.3, -0.25) is 9.80 Å². The van der Waals surface area contributed by atoms with Gasteiger partial charge in [-0.25, -0.2) is 19.9 Å². The smallest absolute Gasteiger partial charge is 0.125 e. The molecule has 14 rings (SSSR count). The molecule has 0 atom stereocenters. The number of hydrogen-bond acceptors (Lipinski definition) is 12. The monoisotopic (exact) mass is 993 g/mol. The topological polar surface area (TPSA) is 130 Å². The quantitative estimate of drug-likeness (QED) is 0.0552. The molecule has 12 nitrogen and oxygen atoms in total. The molecule has 8 fully saturated rings. The molecule has 4 aromatic heterocycles. The van der Waals surface area contributed by atoms with Crippen molar-refractivity contribution in [1.82, 2.24) is 40.4 Å². The highest BCUT2D eigenvalue weighted by molar-refractivity contribution is 5.37. The highest BCUT2D eigenvalue weighted by atomic mass is 15.3. The van der Waals surface area contributed by atoms with Gasteiger partial charge in [-0.05, 0) is 162 Å².